The van der Waals surface area contributed by atoms with E-state index < -0.39 is 17.7 Å². The van der Waals surface area contributed by atoms with Crippen molar-refractivity contribution in [3.63, 3.8) is 0 Å². The Balaban J connectivity index is 2.73. The zero-order chi connectivity index (χ0) is 15.6. The number of nitrogens with zero attached hydrogens (tertiary/aromatic N) is 1. The highest BCUT2D eigenvalue weighted by Gasteiger charge is 2.30. The van der Waals surface area contributed by atoms with Crippen LogP contribution in [0.25, 0.3) is 11.3 Å². The summed E-state index contributed by atoms with van der Waals surface area (Å²) in [6.07, 6.45) is 0. The smallest absolute Gasteiger partial charge is 0.358 e. The monoisotopic (exact) mass is 289 g/mol. The van der Waals surface area contributed by atoms with Crippen LogP contribution in [0.4, 0.5) is 0 Å². The number of hydrogen-bond donors (Lipinski definition) is 2. The Hall–Kier alpha value is -2.76. The number of benzene rings is 1. The Bertz CT molecular complexity index is 688. The first kappa shape index (κ1) is 14.6. The summed E-state index contributed by atoms with van der Waals surface area (Å²) in [6.45, 7) is 1.76. The Kier molecular flexibility index (Phi) is 3.98. The quantitative estimate of drug-likeness (QED) is 0.843. The van der Waals surface area contributed by atoms with Gasteiger partial charge in [-0.1, -0.05) is 30.3 Å². The number of aromatic nitrogens is 1. The average Bonchev–Trinajstić information content (AvgIpc) is 2.71. The van der Waals surface area contributed by atoms with Crippen molar-refractivity contribution in [3.8, 4) is 17.0 Å². The fourth-order valence-corrected chi connectivity index (χ4v) is 2.24. The second-order valence-corrected chi connectivity index (χ2v) is 4.37. The van der Waals surface area contributed by atoms with E-state index >= 15 is 0 Å². The van der Waals surface area contributed by atoms with Crippen LogP contribution in [-0.4, -0.2) is 33.3 Å². The number of esters is 1. The molecule has 0 unspecified atom stereocenters. The molecule has 0 aliphatic carbocycles. The first-order chi connectivity index (χ1) is 9.99. The molecule has 0 amide bonds. The molecule has 2 aromatic rings. The highest BCUT2D eigenvalue weighted by molar-refractivity contribution is 6.04. The molecule has 0 saturated heterocycles. The maximum atomic E-state index is 11.9. The van der Waals surface area contributed by atoms with Crippen molar-refractivity contribution in [2.24, 2.45) is 7.05 Å². The van der Waals surface area contributed by atoms with Crippen LogP contribution in [0.3, 0.4) is 0 Å². The molecular weight excluding hydrogens is 274 g/mol. The number of hydrogen-bond acceptors (Lipinski definition) is 4. The maximum absolute atomic E-state index is 11.9. The molecule has 0 radical (unpaired) electrons. The Morgan fingerprint density at radius 3 is 2.38 bits per heavy atom. The van der Waals surface area contributed by atoms with E-state index in [0.29, 0.717) is 5.56 Å². The minimum Gasteiger partial charge on any atom is -0.505 e. The maximum Gasteiger partial charge on any atom is 0.358 e. The highest BCUT2D eigenvalue weighted by Crippen LogP contribution is 2.36. The van der Waals surface area contributed by atoms with E-state index in [2.05, 4.69) is 0 Å². The van der Waals surface area contributed by atoms with E-state index in [1.54, 1.807) is 37.3 Å². The number of ether oxygens (including phenoxy) is 1. The average molecular weight is 289 g/mol. The van der Waals surface area contributed by atoms with Crippen LogP contribution >= 0.6 is 0 Å². The van der Waals surface area contributed by atoms with Crippen molar-refractivity contribution in [2.75, 3.05) is 6.61 Å². The number of carbonyl (C=O) groups is 2. The van der Waals surface area contributed by atoms with Crippen molar-refractivity contribution >= 4 is 11.9 Å². The largest absolute Gasteiger partial charge is 0.505 e. The second-order valence-electron chi connectivity index (χ2n) is 4.37. The molecule has 21 heavy (non-hydrogen) atoms. The summed E-state index contributed by atoms with van der Waals surface area (Å²) < 4.78 is 6.20. The molecule has 1 aromatic carbocycles. The van der Waals surface area contributed by atoms with Gasteiger partial charge in [-0.15, -0.1) is 0 Å². The molecule has 0 saturated carbocycles. The zero-order valence-corrected chi connectivity index (χ0v) is 11.7. The van der Waals surface area contributed by atoms with Crippen LogP contribution in [0, 0.1) is 0 Å². The van der Waals surface area contributed by atoms with E-state index in [4.69, 9.17) is 4.74 Å². The summed E-state index contributed by atoms with van der Waals surface area (Å²) in [5.74, 6) is -2.65. The van der Waals surface area contributed by atoms with Gasteiger partial charge in [-0.25, -0.2) is 9.59 Å². The van der Waals surface area contributed by atoms with Gasteiger partial charge in [0.05, 0.1) is 12.3 Å². The summed E-state index contributed by atoms with van der Waals surface area (Å²) in [5, 5.41) is 19.4. The summed E-state index contributed by atoms with van der Waals surface area (Å²) in [4.78, 5) is 23.3. The lowest BCUT2D eigenvalue weighted by Gasteiger charge is -2.07. The van der Waals surface area contributed by atoms with Crippen LogP contribution in [0.1, 0.15) is 27.8 Å². The minimum absolute atomic E-state index is 0.131. The van der Waals surface area contributed by atoms with Gasteiger partial charge in [-0.3, -0.25) is 0 Å². The molecule has 0 atom stereocenters. The molecule has 0 fully saturated rings. The highest BCUT2D eigenvalue weighted by atomic mass is 16.5. The number of aromatic carboxylic acids is 1. The molecule has 2 N–H and O–H groups in total. The zero-order valence-electron chi connectivity index (χ0n) is 11.7. The Labute approximate surface area is 121 Å². The molecule has 6 nitrogen and oxygen atoms in total. The van der Waals surface area contributed by atoms with Gasteiger partial charge in [0.2, 0.25) is 0 Å². The molecule has 6 heteroatoms. The molecular formula is C15H15NO5. The van der Waals surface area contributed by atoms with Crippen molar-refractivity contribution < 1.29 is 24.5 Å². The predicted octanol–water partition coefficient (Wildman–Crippen LogP) is 2.27. The van der Waals surface area contributed by atoms with E-state index in [0.717, 1.165) is 0 Å². The summed E-state index contributed by atoms with van der Waals surface area (Å²) in [5.41, 5.74) is 0.353. The Morgan fingerprint density at radius 2 is 1.86 bits per heavy atom. The third-order valence-electron chi connectivity index (χ3n) is 3.10. The lowest BCUT2D eigenvalue weighted by atomic mass is 10.1. The van der Waals surface area contributed by atoms with Gasteiger partial charge < -0.3 is 19.5 Å². The van der Waals surface area contributed by atoms with Crippen molar-refractivity contribution in [1.82, 2.24) is 4.57 Å². The van der Waals surface area contributed by atoms with E-state index in [1.165, 1.54) is 11.6 Å². The number of carbonyl (C=O) groups excluding carboxylic acids is 1. The van der Waals surface area contributed by atoms with Gasteiger partial charge in [-0.05, 0) is 12.5 Å². The van der Waals surface area contributed by atoms with Crippen LogP contribution in [0.2, 0.25) is 0 Å². The van der Waals surface area contributed by atoms with Crippen LogP contribution in [-0.2, 0) is 11.8 Å². The van der Waals surface area contributed by atoms with Gasteiger partial charge >= 0.3 is 11.9 Å². The lowest BCUT2D eigenvalue weighted by Crippen LogP contribution is -2.10. The van der Waals surface area contributed by atoms with Crippen molar-refractivity contribution in [2.45, 2.75) is 6.92 Å². The first-order valence-corrected chi connectivity index (χ1v) is 6.36. The normalized spacial score (nSPS) is 10.4. The third kappa shape index (κ3) is 2.47. The third-order valence-corrected chi connectivity index (χ3v) is 3.10. The first-order valence-electron chi connectivity index (χ1n) is 6.36. The molecule has 0 spiro atoms. The molecule has 2 rings (SSSR count). The number of carboxylic acid groups (broad SMARTS) is 1. The molecule has 1 heterocycles. The minimum atomic E-state index is -1.31. The van der Waals surface area contributed by atoms with Crippen LogP contribution in [0.15, 0.2) is 30.3 Å². The SMILES string of the molecule is CCOC(=O)c1c(O)c(C(=O)O)c(-c2ccccc2)n1C. The van der Waals surface area contributed by atoms with Crippen molar-refractivity contribution in [1.29, 1.82) is 0 Å². The lowest BCUT2D eigenvalue weighted by molar-refractivity contribution is 0.0512. The molecule has 0 aliphatic rings. The van der Waals surface area contributed by atoms with Gasteiger partial charge in [0.1, 0.15) is 5.56 Å². The van der Waals surface area contributed by atoms with Gasteiger partial charge in [0.25, 0.3) is 0 Å². The molecule has 110 valence electrons. The van der Waals surface area contributed by atoms with E-state index in [1.807, 2.05) is 0 Å². The van der Waals surface area contributed by atoms with E-state index in [-0.39, 0.29) is 23.6 Å². The number of rotatable bonds is 4. The van der Waals surface area contributed by atoms with Crippen molar-refractivity contribution in [3.05, 3.63) is 41.6 Å². The topological polar surface area (TPSA) is 88.8 Å². The standard InChI is InChI=1S/C15H15NO5/c1-3-21-15(20)12-13(17)10(14(18)19)11(16(12)2)9-7-5-4-6-8-9/h4-8,17H,3H2,1-2H3,(H,18,19). The molecule has 0 bridgehead atoms. The summed E-state index contributed by atoms with van der Waals surface area (Å²) in [6, 6.07) is 8.69. The fourth-order valence-electron chi connectivity index (χ4n) is 2.24. The van der Waals surface area contributed by atoms with Crippen LogP contribution < -0.4 is 0 Å². The molecule has 1 aromatic heterocycles. The van der Waals surface area contributed by atoms with Gasteiger partial charge in [-0.2, -0.15) is 0 Å². The summed E-state index contributed by atoms with van der Waals surface area (Å²) in [7, 11) is 1.51. The second kappa shape index (κ2) is 5.70. The number of carboxylic acids is 1. The fraction of sp³-hybridized carbons (Fsp3) is 0.200. The van der Waals surface area contributed by atoms with Gasteiger partial charge in [0.15, 0.2) is 11.4 Å². The van der Waals surface area contributed by atoms with Gasteiger partial charge in [0, 0.05) is 7.05 Å². The Morgan fingerprint density at radius 1 is 1.24 bits per heavy atom. The van der Waals surface area contributed by atoms with E-state index in [9.17, 15) is 19.8 Å². The summed E-state index contributed by atoms with van der Waals surface area (Å²) >= 11 is 0. The molecule has 0 aliphatic heterocycles. The predicted molar refractivity (Wildman–Crippen MR) is 75.4 cm³/mol. The number of aromatic hydroxyl groups is 1. The van der Waals surface area contributed by atoms with Crippen LogP contribution in [0.5, 0.6) is 5.75 Å².